The van der Waals surface area contributed by atoms with Gasteiger partial charge < -0.3 is 15.2 Å². The average molecular weight is 267 g/mol. The normalized spacial score (nSPS) is 10.8. The molecule has 0 spiro atoms. The predicted octanol–water partition coefficient (Wildman–Crippen LogP) is 2.00. The maximum atomic E-state index is 13.5. The molecular formula is C14H18FNO3. The molecule has 0 aliphatic rings. The summed E-state index contributed by atoms with van der Waals surface area (Å²) in [5, 5.41) is 11.4. The fourth-order valence-electron chi connectivity index (χ4n) is 1.55. The van der Waals surface area contributed by atoms with Gasteiger partial charge in [-0.25, -0.2) is 9.18 Å². The van der Waals surface area contributed by atoms with Crippen LogP contribution in [-0.2, 0) is 11.2 Å². The average Bonchev–Trinajstić information content (AvgIpc) is 2.36. The van der Waals surface area contributed by atoms with E-state index in [4.69, 9.17) is 9.84 Å². The largest absolute Gasteiger partial charge is 0.491 e. The zero-order valence-electron chi connectivity index (χ0n) is 10.9. The van der Waals surface area contributed by atoms with E-state index in [1.807, 2.05) is 13.0 Å². The first-order valence-electron chi connectivity index (χ1n) is 6.15. The molecule has 104 valence electrons. The Balaban J connectivity index is 2.33. The zero-order chi connectivity index (χ0) is 14.1. The van der Waals surface area contributed by atoms with E-state index >= 15 is 0 Å². The lowest BCUT2D eigenvalue weighted by molar-refractivity contribution is -0.131. The third-order valence-electron chi connectivity index (χ3n) is 2.41. The quantitative estimate of drug-likeness (QED) is 0.558. The summed E-state index contributed by atoms with van der Waals surface area (Å²) < 4.78 is 18.7. The maximum Gasteiger partial charge on any atom is 0.328 e. The maximum absolute atomic E-state index is 13.5. The van der Waals surface area contributed by atoms with Crippen LogP contribution in [0.25, 0.3) is 0 Å². The minimum absolute atomic E-state index is 0.267. The van der Waals surface area contributed by atoms with Crippen LogP contribution in [0.15, 0.2) is 30.4 Å². The first-order valence-corrected chi connectivity index (χ1v) is 6.15. The number of nitrogens with one attached hydrogen (secondary N) is 1. The smallest absolute Gasteiger partial charge is 0.328 e. The van der Waals surface area contributed by atoms with Crippen LogP contribution in [0.3, 0.4) is 0 Å². The van der Waals surface area contributed by atoms with Crippen molar-refractivity contribution < 1.29 is 19.0 Å². The molecule has 1 aromatic rings. The number of carboxylic acids is 1. The molecule has 0 aromatic heterocycles. The molecule has 0 atom stereocenters. The molecule has 4 nitrogen and oxygen atoms in total. The van der Waals surface area contributed by atoms with Gasteiger partial charge in [0.05, 0.1) is 6.61 Å². The summed E-state index contributed by atoms with van der Waals surface area (Å²) in [5.41, 5.74) is 0.871. The van der Waals surface area contributed by atoms with Crippen molar-refractivity contribution in [1.82, 2.24) is 5.32 Å². The fraction of sp³-hybridized carbons (Fsp3) is 0.357. The second-order valence-corrected chi connectivity index (χ2v) is 3.89. The van der Waals surface area contributed by atoms with Gasteiger partial charge in [-0.3, -0.25) is 0 Å². The van der Waals surface area contributed by atoms with Gasteiger partial charge in [0.25, 0.3) is 0 Å². The zero-order valence-corrected chi connectivity index (χ0v) is 10.9. The lowest BCUT2D eigenvalue weighted by Crippen LogP contribution is -2.17. The van der Waals surface area contributed by atoms with Crippen molar-refractivity contribution in [3.8, 4) is 5.75 Å². The van der Waals surface area contributed by atoms with Gasteiger partial charge in [0.2, 0.25) is 0 Å². The summed E-state index contributed by atoms with van der Waals surface area (Å²) in [6.07, 6.45) is 3.29. The summed E-state index contributed by atoms with van der Waals surface area (Å²) >= 11 is 0. The Bertz CT molecular complexity index is 446. The molecule has 0 unspecified atom stereocenters. The van der Waals surface area contributed by atoms with Gasteiger partial charge in [-0.2, -0.15) is 0 Å². The highest BCUT2D eigenvalue weighted by Crippen LogP contribution is 2.18. The van der Waals surface area contributed by atoms with E-state index in [2.05, 4.69) is 5.32 Å². The second-order valence-electron chi connectivity index (χ2n) is 3.89. The Kier molecular flexibility index (Phi) is 6.60. The molecule has 2 N–H and O–H groups in total. The van der Waals surface area contributed by atoms with Gasteiger partial charge in [0, 0.05) is 12.6 Å². The minimum atomic E-state index is -0.963. The van der Waals surface area contributed by atoms with Crippen LogP contribution < -0.4 is 10.1 Å². The summed E-state index contributed by atoms with van der Waals surface area (Å²) in [6.45, 7) is 3.37. The van der Waals surface area contributed by atoms with Gasteiger partial charge in [0.15, 0.2) is 11.6 Å². The number of carboxylic acid groups (broad SMARTS) is 1. The summed E-state index contributed by atoms with van der Waals surface area (Å²) in [5.74, 6) is -1.05. The van der Waals surface area contributed by atoms with Crippen LogP contribution in [0.2, 0.25) is 0 Å². The molecule has 0 bridgehead atoms. The molecule has 5 heteroatoms. The van der Waals surface area contributed by atoms with Gasteiger partial charge in [-0.15, -0.1) is 0 Å². The lowest BCUT2D eigenvalue weighted by Gasteiger charge is -2.07. The molecule has 19 heavy (non-hydrogen) atoms. The first-order chi connectivity index (χ1) is 9.13. The van der Waals surface area contributed by atoms with Crippen molar-refractivity contribution in [2.75, 3.05) is 19.7 Å². The molecule has 0 radical (unpaired) electrons. The van der Waals surface area contributed by atoms with Crippen molar-refractivity contribution in [1.29, 1.82) is 0 Å². The molecular weight excluding hydrogens is 249 g/mol. The highest BCUT2D eigenvalue weighted by molar-refractivity contribution is 5.79. The van der Waals surface area contributed by atoms with E-state index in [0.29, 0.717) is 26.1 Å². The van der Waals surface area contributed by atoms with E-state index in [9.17, 15) is 9.18 Å². The number of hydrogen-bond acceptors (Lipinski definition) is 3. The Labute approximate surface area is 111 Å². The molecule has 0 saturated carbocycles. The van der Waals surface area contributed by atoms with Crippen LogP contribution in [0, 0.1) is 5.82 Å². The van der Waals surface area contributed by atoms with E-state index in [0.717, 1.165) is 11.6 Å². The van der Waals surface area contributed by atoms with Crippen LogP contribution in [0.4, 0.5) is 4.39 Å². The predicted molar refractivity (Wildman–Crippen MR) is 70.9 cm³/mol. The molecule has 0 aliphatic carbocycles. The number of aliphatic carboxylic acids is 1. The molecule has 0 heterocycles. The van der Waals surface area contributed by atoms with Gasteiger partial charge >= 0.3 is 5.97 Å². The van der Waals surface area contributed by atoms with Crippen molar-refractivity contribution in [3.63, 3.8) is 0 Å². The monoisotopic (exact) mass is 267 g/mol. The van der Waals surface area contributed by atoms with E-state index in [-0.39, 0.29) is 11.6 Å². The SMILES string of the molecule is CCOc1ccc(CCNC/C=C/C(=O)O)cc1F. The summed E-state index contributed by atoms with van der Waals surface area (Å²) in [6, 6.07) is 4.90. The number of rotatable bonds is 8. The highest BCUT2D eigenvalue weighted by atomic mass is 19.1. The summed E-state index contributed by atoms with van der Waals surface area (Å²) in [7, 11) is 0. The Morgan fingerprint density at radius 1 is 1.53 bits per heavy atom. The Morgan fingerprint density at radius 2 is 2.32 bits per heavy atom. The van der Waals surface area contributed by atoms with E-state index in [1.54, 1.807) is 6.07 Å². The number of hydrogen-bond donors (Lipinski definition) is 2. The standard InChI is InChI=1S/C14H18FNO3/c1-2-19-13-6-5-11(10-12(13)15)7-9-16-8-3-4-14(17)18/h3-6,10,16H,2,7-9H2,1H3,(H,17,18)/b4-3+. The van der Waals surface area contributed by atoms with E-state index in [1.165, 1.54) is 12.1 Å². The summed E-state index contributed by atoms with van der Waals surface area (Å²) in [4.78, 5) is 10.2. The molecule has 0 saturated heterocycles. The van der Waals surface area contributed by atoms with Crippen LogP contribution in [-0.4, -0.2) is 30.8 Å². The van der Waals surface area contributed by atoms with Crippen molar-refractivity contribution in [2.45, 2.75) is 13.3 Å². The van der Waals surface area contributed by atoms with E-state index < -0.39 is 5.97 Å². The molecule has 1 rings (SSSR count). The number of ether oxygens (including phenoxy) is 1. The van der Waals surface area contributed by atoms with Gasteiger partial charge in [-0.1, -0.05) is 12.1 Å². The van der Waals surface area contributed by atoms with Gasteiger partial charge in [0.1, 0.15) is 0 Å². The second kappa shape index (κ2) is 8.26. The first kappa shape index (κ1) is 15.2. The van der Waals surface area contributed by atoms with Crippen molar-refractivity contribution in [3.05, 3.63) is 41.7 Å². The number of benzene rings is 1. The molecule has 0 fully saturated rings. The Morgan fingerprint density at radius 3 is 2.95 bits per heavy atom. The van der Waals surface area contributed by atoms with Crippen molar-refractivity contribution >= 4 is 5.97 Å². The Hall–Kier alpha value is -1.88. The van der Waals surface area contributed by atoms with Crippen LogP contribution >= 0.6 is 0 Å². The third kappa shape index (κ3) is 6.01. The number of halogens is 1. The molecule has 0 aliphatic heterocycles. The topological polar surface area (TPSA) is 58.6 Å². The third-order valence-corrected chi connectivity index (χ3v) is 2.41. The van der Waals surface area contributed by atoms with Gasteiger partial charge in [-0.05, 0) is 37.6 Å². The van der Waals surface area contributed by atoms with Crippen LogP contribution in [0.1, 0.15) is 12.5 Å². The van der Waals surface area contributed by atoms with Crippen LogP contribution in [0.5, 0.6) is 5.75 Å². The van der Waals surface area contributed by atoms with Crippen molar-refractivity contribution in [2.24, 2.45) is 0 Å². The molecule has 1 aromatic carbocycles. The minimum Gasteiger partial charge on any atom is -0.491 e. The molecule has 0 amide bonds. The lowest BCUT2D eigenvalue weighted by atomic mass is 10.1. The highest BCUT2D eigenvalue weighted by Gasteiger charge is 2.03. The fourth-order valence-corrected chi connectivity index (χ4v) is 1.55. The number of carbonyl (C=O) groups is 1.